The van der Waals surface area contributed by atoms with Gasteiger partial charge in [0.25, 0.3) is 5.52 Å². The summed E-state index contributed by atoms with van der Waals surface area (Å²) >= 11 is 0. The van der Waals surface area contributed by atoms with Gasteiger partial charge in [-0.1, -0.05) is 12.1 Å². The Kier molecular flexibility index (Phi) is 4.90. The molecule has 0 aliphatic carbocycles. The Hall–Kier alpha value is -3.33. The number of halogens is 1. The Labute approximate surface area is 147 Å². The van der Waals surface area contributed by atoms with Crippen molar-refractivity contribution in [3.63, 3.8) is 0 Å². The van der Waals surface area contributed by atoms with Gasteiger partial charge >= 0.3 is 12.0 Å². The molecule has 0 bridgehead atoms. The molecule has 1 aromatic heterocycles. The van der Waals surface area contributed by atoms with E-state index in [0.717, 1.165) is 6.07 Å². The van der Waals surface area contributed by atoms with Gasteiger partial charge in [0.15, 0.2) is 6.10 Å². The third-order valence-electron chi connectivity index (χ3n) is 3.58. The number of esters is 1. The van der Waals surface area contributed by atoms with Crippen LogP contribution in [0.5, 0.6) is 11.8 Å². The van der Waals surface area contributed by atoms with Crippen LogP contribution >= 0.6 is 0 Å². The second-order valence-corrected chi connectivity index (χ2v) is 5.21. The molecule has 0 aliphatic rings. The third kappa shape index (κ3) is 3.52. The van der Waals surface area contributed by atoms with Crippen LogP contribution in [0.1, 0.15) is 11.7 Å². The van der Waals surface area contributed by atoms with Gasteiger partial charge in [-0.2, -0.15) is 4.98 Å². The maximum atomic E-state index is 13.2. The van der Waals surface area contributed by atoms with Gasteiger partial charge < -0.3 is 19.4 Å². The molecule has 3 aromatic rings. The number of aromatic nitrogens is 3. The Morgan fingerprint density at radius 2 is 1.92 bits per heavy atom. The summed E-state index contributed by atoms with van der Waals surface area (Å²) in [5.41, 5.74) is 0.808. The maximum absolute atomic E-state index is 13.2. The molecule has 1 heterocycles. The van der Waals surface area contributed by atoms with Crippen LogP contribution < -0.4 is 9.58 Å². The molecule has 3 rings (SSSR count). The van der Waals surface area contributed by atoms with Crippen LogP contribution in [0, 0.1) is 11.0 Å². The van der Waals surface area contributed by atoms with E-state index in [1.807, 2.05) is 0 Å². The second-order valence-electron chi connectivity index (χ2n) is 5.21. The first-order valence-corrected chi connectivity index (χ1v) is 7.47. The largest absolute Gasteiger partial charge is 0.594 e. The Bertz CT molecular complexity index is 949. The van der Waals surface area contributed by atoms with Crippen LogP contribution in [-0.4, -0.2) is 30.3 Å². The fourth-order valence-corrected chi connectivity index (χ4v) is 2.34. The predicted octanol–water partition coefficient (Wildman–Crippen LogP) is 2.06. The van der Waals surface area contributed by atoms with Crippen molar-refractivity contribution in [3.8, 4) is 11.8 Å². The van der Waals surface area contributed by atoms with Gasteiger partial charge in [-0.05, 0) is 34.7 Å². The van der Waals surface area contributed by atoms with E-state index in [1.54, 1.807) is 24.3 Å². The van der Waals surface area contributed by atoms with E-state index < -0.39 is 17.9 Å². The van der Waals surface area contributed by atoms with E-state index in [-0.39, 0.29) is 21.9 Å². The number of carbonyl (C=O) groups excluding carboxylic acids is 1. The van der Waals surface area contributed by atoms with E-state index in [1.165, 1.54) is 26.4 Å². The second kappa shape index (κ2) is 7.28. The van der Waals surface area contributed by atoms with Crippen molar-refractivity contribution >= 4 is 17.0 Å². The summed E-state index contributed by atoms with van der Waals surface area (Å²) in [6.45, 7) is 0. The Morgan fingerprint density at radius 1 is 1.19 bits per heavy atom. The Morgan fingerprint density at radius 3 is 2.58 bits per heavy atom. The molecule has 26 heavy (non-hydrogen) atoms. The number of ether oxygens (including phenoxy) is 3. The van der Waals surface area contributed by atoms with Gasteiger partial charge in [-0.25, -0.2) is 9.18 Å². The SMILES string of the molecule is COC(=O)C(OC)c1ccc(Oc2nc3ccc(F)cc3[n+]([O-])n2)cc1. The lowest BCUT2D eigenvalue weighted by atomic mass is 10.1. The van der Waals surface area contributed by atoms with Gasteiger partial charge in [0.1, 0.15) is 17.1 Å². The molecular formula is C17H14FN3O5. The number of nitrogens with zero attached hydrogens (tertiary/aromatic N) is 3. The summed E-state index contributed by atoms with van der Waals surface area (Å²) in [6, 6.07) is 9.75. The first kappa shape index (κ1) is 17.5. The maximum Gasteiger partial charge on any atom is 0.386 e. The standard InChI is InChI=1S/C17H14FN3O5/c1-24-15(16(22)25-2)10-3-6-12(7-4-10)26-17-19-13-8-5-11(18)9-14(13)21(23)20-17/h3-9,15H,1-2H3. The van der Waals surface area contributed by atoms with Crippen molar-refractivity contribution in [3.05, 3.63) is 59.1 Å². The highest BCUT2D eigenvalue weighted by atomic mass is 19.1. The normalized spacial score (nSPS) is 12.0. The van der Waals surface area contributed by atoms with Crippen LogP contribution in [0.2, 0.25) is 0 Å². The molecule has 0 fully saturated rings. The third-order valence-corrected chi connectivity index (χ3v) is 3.58. The van der Waals surface area contributed by atoms with E-state index in [9.17, 15) is 14.4 Å². The van der Waals surface area contributed by atoms with Crippen molar-refractivity contribution in [2.24, 2.45) is 0 Å². The summed E-state index contributed by atoms with van der Waals surface area (Å²) in [5.74, 6) is -0.748. The molecule has 0 saturated carbocycles. The highest BCUT2D eigenvalue weighted by molar-refractivity contribution is 5.76. The monoisotopic (exact) mass is 359 g/mol. The van der Waals surface area contributed by atoms with E-state index >= 15 is 0 Å². The van der Waals surface area contributed by atoms with Crippen LogP contribution in [0.25, 0.3) is 11.0 Å². The highest BCUT2D eigenvalue weighted by Gasteiger charge is 2.21. The van der Waals surface area contributed by atoms with Crippen molar-refractivity contribution in [1.82, 2.24) is 10.1 Å². The van der Waals surface area contributed by atoms with E-state index in [0.29, 0.717) is 11.3 Å². The average molecular weight is 359 g/mol. The zero-order valence-corrected chi connectivity index (χ0v) is 13.9. The molecule has 0 spiro atoms. The number of carbonyl (C=O) groups is 1. The van der Waals surface area contributed by atoms with Gasteiger partial charge in [0.05, 0.1) is 18.3 Å². The van der Waals surface area contributed by atoms with Crippen molar-refractivity contribution in [2.75, 3.05) is 14.2 Å². The van der Waals surface area contributed by atoms with Gasteiger partial charge in [0, 0.05) is 7.11 Å². The molecule has 8 nitrogen and oxygen atoms in total. The number of rotatable bonds is 5. The number of hydrogen-bond acceptors (Lipinski definition) is 7. The van der Waals surface area contributed by atoms with Crippen LogP contribution in [0.3, 0.4) is 0 Å². The van der Waals surface area contributed by atoms with Gasteiger partial charge in [-0.15, -0.1) is 0 Å². The Balaban J connectivity index is 1.84. The van der Waals surface area contributed by atoms with E-state index in [4.69, 9.17) is 9.47 Å². The predicted molar refractivity (Wildman–Crippen MR) is 86.7 cm³/mol. The molecule has 0 saturated heterocycles. The summed E-state index contributed by atoms with van der Waals surface area (Å²) in [7, 11) is 2.66. The minimum absolute atomic E-state index is 0.00582. The lowest BCUT2D eigenvalue weighted by Crippen LogP contribution is -2.32. The van der Waals surface area contributed by atoms with Crippen molar-refractivity contribution < 1.29 is 28.2 Å². The molecule has 2 aromatic carbocycles. The molecule has 1 atom stereocenters. The molecule has 134 valence electrons. The molecule has 9 heteroatoms. The first-order valence-electron chi connectivity index (χ1n) is 7.47. The number of methoxy groups -OCH3 is 2. The highest BCUT2D eigenvalue weighted by Crippen LogP contribution is 2.24. The van der Waals surface area contributed by atoms with Crippen molar-refractivity contribution in [2.45, 2.75) is 6.10 Å². The number of benzene rings is 2. The van der Waals surface area contributed by atoms with Crippen LogP contribution in [0.4, 0.5) is 4.39 Å². The zero-order chi connectivity index (χ0) is 18.7. The topological polar surface area (TPSA) is 97.5 Å². The average Bonchev–Trinajstić information content (AvgIpc) is 2.64. The van der Waals surface area contributed by atoms with Crippen LogP contribution in [0.15, 0.2) is 42.5 Å². The minimum Gasteiger partial charge on any atom is -0.594 e. The van der Waals surface area contributed by atoms with Gasteiger partial charge in [-0.3, -0.25) is 0 Å². The number of hydrogen-bond donors (Lipinski definition) is 0. The smallest absolute Gasteiger partial charge is 0.386 e. The summed E-state index contributed by atoms with van der Waals surface area (Å²) in [5, 5.41) is 15.5. The van der Waals surface area contributed by atoms with Crippen LogP contribution in [-0.2, 0) is 14.3 Å². The van der Waals surface area contributed by atoms with E-state index in [2.05, 4.69) is 14.8 Å². The lowest BCUT2D eigenvalue weighted by molar-refractivity contribution is -0.643. The quantitative estimate of drug-likeness (QED) is 0.391. The molecule has 0 aliphatic heterocycles. The lowest BCUT2D eigenvalue weighted by Gasteiger charge is -2.13. The van der Waals surface area contributed by atoms with Gasteiger partial charge in [0.2, 0.25) is 0 Å². The molecule has 0 N–H and O–H groups in total. The summed E-state index contributed by atoms with van der Waals surface area (Å²) in [6.07, 6.45) is -0.857. The minimum atomic E-state index is -0.857. The summed E-state index contributed by atoms with van der Waals surface area (Å²) < 4.78 is 28.4. The van der Waals surface area contributed by atoms with Crippen molar-refractivity contribution in [1.29, 1.82) is 0 Å². The zero-order valence-electron chi connectivity index (χ0n) is 13.9. The first-order chi connectivity index (χ1) is 12.5. The molecule has 0 amide bonds. The fourth-order valence-electron chi connectivity index (χ4n) is 2.34. The fraction of sp³-hybridized carbons (Fsp3) is 0.176. The molecule has 0 radical (unpaired) electrons. The molecule has 1 unspecified atom stereocenters. The summed E-state index contributed by atoms with van der Waals surface area (Å²) in [4.78, 5) is 16.0. The number of fused-ring (bicyclic) bond motifs is 1. The molecular weight excluding hydrogens is 345 g/mol.